The summed E-state index contributed by atoms with van der Waals surface area (Å²) in [6.45, 7) is 1.99. The number of rotatable bonds is 2. The monoisotopic (exact) mass is 304 g/mol. The van der Waals surface area contributed by atoms with Crippen LogP contribution in [0.1, 0.15) is 5.56 Å². The molecule has 0 radical (unpaired) electrons. The van der Waals surface area contributed by atoms with Crippen molar-refractivity contribution in [2.75, 3.05) is 0 Å². The van der Waals surface area contributed by atoms with Crippen molar-refractivity contribution in [3.05, 3.63) is 58.5 Å². The van der Waals surface area contributed by atoms with Crippen molar-refractivity contribution in [1.82, 2.24) is 9.97 Å². The molecule has 100 valence electrons. The van der Waals surface area contributed by atoms with Gasteiger partial charge in [0.15, 0.2) is 0 Å². The van der Waals surface area contributed by atoms with Gasteiger partial charge in [-0.3, -0.25) is 4.98 Å². The van der Waals surface area contributed by atoms with Gasteiger partial charge in [-0.25, -0.2) is 4.98 Å². The van der Waals surface area contributed by atoms with E-state index in [9.17, 15) is 0 Å². The van der Waals surface area contributed by atoms with Gasteiger partial charge >= 0.3 is 0 Å². The van der Waals surface area contributed by atoms with Crippen LogP contribution in [0.2, 0.25) is 10.0 Å². The molecular weight excluding hydrogens is 295 g/mol. The molecule has 20 heavy (non-hydrogen) atoms. The molecule has 0 fully saturated rings. The van der Waals surface area contributed by atoms with Gasteiger partial charge in [-0.1, -0.05) is 29.3 Å². The van der Waals surface area contributed by atoms with E-state index in [1.54, 1.807) is 30.8 Å². The number of nitrogens with zero attached hydrogens (tertiary/aromatic N) is 2. The number of hydrogen-bond donors (Lipinski definition) is 0. The summed E-state index contributed by atoms with van der Waals surface area (Å²) in [6, 6.07) is 7.27. The van der Waals surface area contributed by atoms with Gasteiger partial charge in [-0.2, -0.15) is 0 Å². The summed E-state index contributed by atoms with van der Waals surface area (Å²) in [5.41, 5.74) is 3.50. The van der Waals surface area contributed by atoms with Gasteiger partial charge in [-0.05, 0) is 30.7 Å². The minimum Gasteiger partial charge on any atom is -0.444 e. The average molecular weight is 305 g/mol. The van der Waals surface area contributed by atoms with Gasteiger partial charge in [0.25, 0.3) is 0 Å². The van der Waals surface area contributed by atoms with E-state index in [0.717, 1.165) is 16.7 Å². The first-order valence-corrected chi connectivity index (χ1v) is 6.72. The number of hydrogen-bond acceptors (Lipinski definition) is 3. The van der Waals surface area contributed by atoms with E-state index in [1.165, 1.54) is 0 Å². The van der Waals surface area contributed by atoms with Gasteiger partial charge in [0.1, 0.15) is 12.0 Å². The summed E-state index contributed by atoms with van der Waals surface area (Å²) < 4.78 is 5.53. The van der Waals surface area contributed by atoms with Crippen molar-refractivity contribution in [3.8, 4) is 22.7 Å². The van der Waals surface area contributed by atoms with Crippen molar-refractivity contribution < 1.29 is 4.42 Å². The van der Waals surface area contributed by atoms with E-state index in [0.29, 0.717) is 21.6 Å². The fourth-order valence-electron chi connectivity index (χ4n) is 1.87. The highest BCUT2D eigenvalue weighted by atomic mass is 35.5. The molecule has 0 saturated carbocycles. The van der Waals surface area contributed by atoms with Crippen molar-refractivity contribution in [2.24, 2.45) is 0 Å². The summed E-state index contributed by atoms with van der Waals surface area (Å²) in [5, 5.41) is 1.01. The van der Waals surface area contributed by atoms with Crippen LogP contribution in [0, 0.1) is 6.92 Å². The summed E-state index contributed by atoms with van der Waals surface area (Å²) in [7, 11) is 0. The van der Waals surface area contributed by atoms with E-state index in [1.807, 2.05) is 19.1 Å². The zero-order valence-electron chi connectivity index (χ0n) is 10.6. The fourth-order valence-corrected chi connectivity index (χ4v) is 2.17. The molecule has 0 spiro atoms. The molecule has 0 bridgehead atoms. The van der Waals surface area contributed by atoms with Crippen LogP contribution in [0.4, 0.5) is 0 Å². The number of benzene rings is 1. The van der Waals surface area contributed by atoms with E-state index in [2.05, 4.69) is 9.97 Å². The Bertz CT molecular complexity index is 768. The Hall–Kier alpha value is -1.84. The Morgan fingerprint density at radius 1 is 1.10 bits per heavy atom. The average Bonchev–Trinajstić information content (AvgIpc) is 2.92. The van der Waals surface area contributed by atoms with Gasteiger partial charge in [-0.15, -0.1) is 0 Å². The number of pyridine rings is 1. The van der Waals surface area contributed by atoms with E-state index in [-0.39, 0.29) is 0 Å². The van der Waals surface area contributed by atoms with Crippen molar-refractivity contribution >= 4 is 23.2 Å². The molecule has 1 aromatic carbocycles. The largest absolute Gasteiger partial charge is 0.444 e. The Morgan fingerprint density at radius 3 is 2.70 bits per heavy atom. The lowest BCUT2D eigenvalue weighted by Crippen LogP contribution is -1.85. The van der Waals surface area contributed by atoms with E-state index < -0.39 is 0 Å². The number of aryl methyl sites for hydroxylation is 1. The van der Waals surface area contributed by atoms with E-state index >= 15 is 0 Å². The van der Waals surface area contributed by atoms with Gasteiger partial charge in [0, 0.05) is 18.0 Å². The second kappa shape index (κ2) is 5.27. The summed E-state index contributed by atoms with van der Waals surface area (Å²) in [5.74, 6) is 0.539. The van der Waals surface area contributed by atoms with Crippen molar-refractivity contribution in [3.63, 3.8) is 0 Å². The molecule has 0 unspecified atom stereocenters. The molecule has 0 atom stereocenters. The Balaban J connectivity index is 2.02. The highest BCUT2D eigenvalue weighted by Gasteiger charge is 2.11. The summed E-state index contributed by atoms with van der Waals surface area (Å²) in [6.07, 6.45) is 5.07. The maximum Gasteiger partial charge on any atom is 0.228 e. The van der Waals surface area contributed by atoms with Crippen LogP contribution in [-0.4, -0.2) is 9.97 Å². The number of oxazole rings is 1. The highest BCUT2D eigenvalue weighted by Crippen LogP contribution is 2.30. The molecule has 2 heterocycles. The van der Waals surface area contributed by atoms with Crippen molar-refractivity contribution in [1.29, 1.82) is 0 Å². The molecule has 0 aliphatic rings. The number of halogens is 2. The first-order chi connectivity index (χ1) is 9.65. The lowest BCUT2D eigenvalue weighted by atomic mass is 10.1. The minimum atomic E-state index is 0.492. The molecule has 3 rings (SSSR count). The molecule has 0 amide bonds. The van der Waals surface area contributed by atoms with Crippen LogP contribution < -0.4 is 0 Å². The van der Waals surface area contributed by atoms with E-state index in [4.69, 9.17) is 27.6 Å². The van der Waals surface area contributed by atoms with Crippen molar-refractivity contribution in [2.45, 2.75) is 6.92 Å². The quantitative estimate of drug-likeness (QED) is 0.667. The molecule has 0 saturated heterocycles. The maximum absolute atomic E-state index is 6.01. The van der Waals surface area contributed by atoms with Crippen LogP contribution in [0.5, 0.6) is 0 Å². The van der Waals surface area contributed by atoms with Crippen LogP contribution in [0.15, 0.2) is 47.3 Å². The van der Waals surface area contributed by atoms with Gasteiger partial charge in [0.2, 0.25) is 5.89 Å². The topological polar surface area (TPSA) is 38.9 Å². The lowest BCUT2D eigenvalue weighted by Gasteiger charge is -1.99. The van der Waals surface area contributed by atoms with Crippen LogP contribution >= 0.6 is 23.2 Å². The third-order valence-electron chi connectivity index (χ3n) is 2.99. The van der Waals surface area contributed by atoms with Crippen LogP contribution in [-0.2, 0) is 0 Å². The van der Waals surface area contributed by atoms with Crippen LogP contribution in [0.3, 0.4) is 0 Å². The summed E-state index contributed by atoms with van der Waals surface area (Å²) >= 11 is 11.9. The second-order valence-corrected chi connectivity index (χ2v) is 5.17. The lowest BCUT2D eigenvalue weighted by molar-refractivity contribution is 0.574. The smallest absolute Gasteiger partial charge is 0.228 e. The molecule has 0 aliphatic heterocycles. The second-order valence-electron chi connectivity index (χ2n) is 4.36. The van der Waals surface area contributed by atoms with Gasteiger partial charge < -0.3 is 4.42 Å². The predicted molar refractivity (Wildman–Crippen MR) is 79.9 cm³/mol. The minimum absolute atomic E-state index is 0.492. The van der Waals surface area contributed by atoms with Gasteiger partial charge in [0.05, 0.1) is 15.6 Å². The molecule has 3 nitrogen and oxygen atoms in total. The molecule has 0 aliphatic carbocycles. The SMILES string of the molecule is Cc1ccncc1-c1nc(-c2ccc(Cl)c(Cl)c2)co1. The maximum atomic E-state index is 6.01. The molecule has 0 N–H and O–H groups in total. The fraction of sp³-hybridized carbons (Fsp3) is 0.0667. The zero-order chi connectivity index (χ0) is 14.1. The third kappa shape index (κ3) is 2.42. The first-order valence-electron chi connectivity index (χ1n) is 5.97. The first kappa shape index (κ1) is 13.2. The molecular formula is C15H10Cl2N2O. The standard InChI is InChI=1S/C15H10Cl2N2O/c1-9-4-5-18-7-11(9)15-19-14(8-20-15)10-2-3-12(16)13(17)6-10/h2-8H,1H3. The highest BCUT2D eigenvalue weighted by molar-refractivity contribution is 6.42. The normalized spacial score (nSPS) is 10.8. The zero-order valence-corrected chi connectivity index (χ0v) is 12.1. The predicted octanol–water partition coefficient (Wildman–Crippen LogP) is 5.02. The molecule has 3 aromatic rings. The Labute approximate surface area is 126 Å². The molecule has 2 aromatic heterocycles. The van der Waals surface area contributed by atoms with Crippen LogP contribution in [0.25, 0.3) is 22.7 Å². The number of aromatic nitrogens is 2. The Morgan fingerprint density at radius 2 is 1.95 bits per heavy atom. The summed E-state index contributed by atoms with van der Waals surface area (Å²) in [4.78, 5) is 8.57. The third-order valence-corrected chi connectivity index (χ3v) is 3.73. The molecule has 5 heteroatoms. The Kier molecular flexibility index (Phi) is 3.47.